The highest BCUT2D eigenvalue weighted by Crippen LogP contribution is 2.38. The molecule has 128 valence electrons. The summed E-state index contributed by atoms with van der Waals surface area (Å²) in [5, 5.41) is 10.9. The molecular formula is C18H17N3O4. The summed E-state index contributed by atoms with van der Waals surface area (Å²) in [6.45, 7) is 4.03. The van der Waals surface area contributed by atoms with Crippen molar-refractivity contribution < 1.29 is 19.5 Å². The second-order valence-electron chi connectivity index (χ2n) is 5.87. The zero-order chi connectivity index (χ0) is 18.5. The van der Waals surface area contributed by atoms with Crippen LogP contribution >= 0.6 is 0 Å². The van der Waals surface area contributed by atoms with Crippen molar-refractivity contribution in [2.45, 2.75) is 20.8 Å². The van der Waals surface area contributed by atoms with Crippen LogP contribution < -0.4 is 4.90 Å². The Balaban J connectivity index is 2.65. The second kappa shape index (κ2) is 5.70. The van der Waals surface area contributed by atoms with E-state index in [1.165, 1.54) is 13.8 Å². The van der Waals surface area contributed by atoms with Crippen molar-refractivity contribution >= 4 is 45.4 Å². The zero-order valence-corrected chi connectivity index (χ0v) is 14.3. The Bertz CT molecular complexity index is 1050. The Morgan fingerprint density at radius 2 is 1.72 bits per heavy atom. The van der Waals surface area contributed by atoms with E-state index in [9.17, 15) is 19.5 Å². The minimum atomic E-state index is -1.23. The number of carbonyl (C=O) groups excluding carboxylic acids is 2. The number of para-hydroxylation sites is 1. The average Bonchev–Trinajstić information content (AvgIpc) is 2.79. The SMILES string of the molecule is CC(=O)N(C(C)=O)c1c(C(=O)O)c(C)nc2c1c1ccccc1n2C. The van der Waals surface area contributed by atoms with Gasteiger partial charge in [0.25, 0.3) is 0 Å². The minimum Gasteiger partial charge on any atom is -0.478 e. The molecular weight excluding hydrogens is 322 g/mol. The van der Waals surface area contributed by atoms with E-state index in [2.05, 4.69) is 4.98 Å². The van der Waals surface area contributed by atoms with Gasteiger partial charge in [0.2, 0.25) is 11.8 Å². The number of pyridine rings is 1. The molecule has 1 N–H and O–H groups in total. The first-order chi connectivity index (χ1) is 11.8. The number of carboxylic acid groups (broad SMARTS) is 1. The highest BCUT2D eigenvalue weighted by Gasteiger charge is 2.30. The molecule has 0 atom stereocenters. The summed E-state index contributed by atoms with van der Waals surface area (Å²) in [4.78, 5) is 41.5. The van der Waals surface area contributed by atoms with Crippen molar-refractivity contribution in [2.24, 2.45) is 7.05 Å². The fourth-order valence-electron chi connectivity index (χ4n) is 3.27. The molecule has 0 saturated carbocycles. The Hall–Kier alpha value is -3.22. The number of benzene rings is 1. The van der Waals surface area contributed by atoms with Gasteiger partial charge in [-0.05, 0) is 13.0 Å². The third kappa shape index (κ3) is 2.36. The highest BCUT2D eigenvalue weighted by atomic mass is 16.4. The summed E-state index contributed by atoms with van der Waals surface area (Å²) in [7, 11) is 1.81. The van der Waals surface area contributed by atoms with Crippen molar-refractivity contribution in [2.75, 3.05) is 4.90 Å². The van der Waals surface area contributed by atoms with Gasteiger partial charge in [-0.3, -0.25) is 9.59 Å². The van der Waals surface area contributed by atoms with E-state index < -0.39 is 17.8 Å². The molecule has 0 bridgehead atoms. The predicted molar refractivity (Wildman–Crippen MR) is 93.8 cm³/mol. The van der Waals surface area contributed by atoms with Crippen LogP contribution in [0.1, 0.15) is 29.9 Å². The lowest BCUT2D eigenvalue weighted by atomic mass is 10.0. The third-order valence-corrected chi connectivity index (χ3v) is 4.25. The molecule has 3 aromatic rings. The number of hydrogen-bond donors (Lipinski definition) is 1. The summed E-state index contributed by atoms with van der Waals surface area (Å²) in [5.74, 6) is -2.33. The number of aromatic carboxylic acids is 1. The van der Waals surface area contributed by atoms with Crippen LogP contribution in [-0.4, -0.2) is 32.4 Å². The van der Waals surface area contributed by atoms with E-state index in [1.807, 2.05) is 35.9 Å². The number of nitrogens with zero attached hydrogens (tertiary/aromatic N) is 3. The normalized spacial score (nSPS) is 11.0. The summed E-state index contributed by atoms with van der Waals surface area (Å²) in [6.07, 6.45) is 0. The summed E-state index contributed by atoms with van der Waals surface area (Å²) in [6, 6.07) is 7.38. The van der Waals surface area contributed by atoms with E-state index in [1.54, 1.807) is 6.92 Å². The molecule has 0 saturated heterocycles. The molecule has 7 heteroatoms. The molecule has 2 aromatic heterocycles. The van der Waals surface area contributed by atoms with Gasteiger partial charge >= 0.3 is 5.97 Å². The Kier molecular flexibility index (Phi) is 3.79. The number of amides is 2. The molecule has 0 aliphatic carbocycles. The van der Waals surface area contributed by atoms with Crippen molar-refractivity contribution in [3.63, 3.8) is 0 Å². The maximum Gasteiger partial charge on any atom is 0.339 e. The second-order valence-corrected chi connectivity index (χ2v) is 5.87. The standard InChI is InChI=1S/C18H17N3O4/c1-9-14(18(24)25)16(21(10(2)22)11(3)23)15-12-7-5-6-8-13(12)20(4)17(15)19-9/h5-8H,1-4H3,(H,24,25). The summed E-state index contributed by atoms with van der Waals surface area (Å²) in [5.41, 5.74) is 1.53. The first-order valence-corrected chi connectivity index (χ1v) is 7.68. The van der Waals surface area contributed by atoms with Gasteiger partial charge in [-0.1, -0.05) is 18.2 Å². The molecule has 0 aliphatic heterocycles. The van der Waals surface area contributed by atoms with Crippen LogP contribution in [0.2, 0.25) is 0 Å². The van der Waals surface area contributed by atoms with Gasteiger partial charge in [0.15, 0.2) is 0 Å². The number of carboxylic acids is 1. The van der Waals surface area contributed by atoms with Crippen LogP contribution in [0.5, 0.6) is 0 Å². The molecule has 2 amide bonds. The van der Waals surface area contributed by atoms with Gasteiger partial charge in [0, 0.05) is 26.3 Å². The number of imide groups is 1. The monoisotopic (exact) mass is 339 g/mol. The Morgan fingerprint density at radius 3 is 2.28 bits per heavy atom. The fraction of sp³-hybridized carbons (Fsp3) is 0.222. The number of rotatable bonds is 2. The van der Waals surface area contributed by atoms with Crippen LogP contribution in [-0.2, 0) is 16.6 Å². The first-order valence-electron chi connectivity index (χ1n) is 7.68. The van der Waals surface area contributed by atoms with Crippen LogP contribution in [0.3, 0.4) is 0 Å². The van der Waals surface area contributed by atoms with Crippen molar-refractivity contribution in [3.8, 4) is 0 Å². The predicted octanol–water partition coefficient (Wildman–Crippen LogP) is 2.63. The van der Waals surface area contributed by atoms with Gasteiger partial charge < -0.3 is 9.67 Å². The lowest BCUT2D eigenvalue weighted by Crippen LogP contribution is -2.35. The summed E-state index contributed by atoms with van der Waals surface area (Å²) < 4.78 is 1.82. The number of hydrogen-bond acceptors (Lipinski definition) is 4. The summed E-state index contributed by atoms with van der Waals surface area (Å²) >= 11 is 0. The number of fused-ring (bicyclic) bond motifs is 3. The van der Waals surface area contributed by atoms with Gasteiger partial charge in [0.1, 0.15) is 11.2 Å². The molecule has 3 rings (SSSR count). The molecule has 0 aliphatic rings. The van der Waals surface area contributed by atoms with Crippen molar-refractivity contribution in [3.05, 3.63) is 35.5 Å². The Labute approximate surface area is 143 Å². The van der Waals surface area contributed by atoms with E-state index in [0.717, 1.165) is 15.8 Å². The zero-order valence-electron chi connectivity index (χ0n) is 14.3. The number of aryl methyl sites for hydroxylation is 2. The van der Waals surface area contributed by atoms with Crippen molar-refractivity contribution in [1.29, 1.82) is 0 Å². The van der Waals surface area contributed by atoms with Crippen LogP contribution in [0.4, 0.5) is 5.69 Å². The van der Waals surface area contributed by atoms with Crippen molar-refractivity contribution in [1.82, 2.24) is 9.55 Å². The highest BCUT2D eigenvalue weighted by molar-refractivity contribution is 6.26. The van der Waals surface area contributed by atoms with Gasteiger partial charge in [0.05, 0.1) is 22.3 Å². The number of anilines is 1. The average molecular weight is 339 g/mol. The quantitative estimate of drug-likeness (QED) is 0.775. The molecule has 0 radical (unpaired) electrons. The van der Waals surface area contributed by atoms with E-state index in [0.29, 0.717) is 11.0 Å². The van der Waals surface area contributed by atoms with Gasteiger partial charge in [-0.25, -0.2) is 14.7 Å². The fourth-order valence-corrected chi connectivity index (χ4v) is 3.27. The van der Waals surface area contributed by atoms with Crippen LogP contribution in [0, 0.1) is 6.92 Å². The lowest BCUT2D eigenvalue weighted by Gasteiger charge is -2.21. The minimum absolute atomic E-state index is 0.0757. The van der Waals surface area contributed by atoms with Crippen LogP contribution in [0.15, 0.2) is 24.3 Å². The van der Waals surface area contributed by atoms with Gasteiger partial charge in [-0.2, -0.15) is 0 Å². The first kappa shape index (κ1) is 16.6. The number of aromatic nitrogens is 2. The number of carbonyl (C=O) groups is 3. The topological polar surface area (TPSA) is 92.5 Å². The molecule has 0 fully saturated rings. The maximum absolute atomic E-state index is 12.1. The van der Waals surface area contributed by atoms with Crippen LogP contribution in [0.25, 0.3) is 21.9 Å². The molecule has 2 heterocycles. The third-order valence-electron chi connectivity index (χ3n) is 4.25. The molecule has 7 nitrogen and oxygen atoms in total. The largest absolute Gasteiger partial charge is 0.478 e. The smallest absolute Gasteiger partial charge is 0.339 e. The van der Waals surface area contributed by atoms with E-state index in [4.69, 9.17) is 0 Å². The molecule has 0 spiro atoms. The van der Waals surface area contributed by atoms with E-state index in [-0.39, 0.29) is 16.9 Å². The lowest BCUT2D eigenvalue weighted by molar-refractivity contribution is -0.124. The maximum atomic E-state index is 12.1. The molecule has 0 unspecified atom stereocenters. The Morgan fingerprint density at radius 1 is 1.12 bits per heavy atom. The van der Waals surface area contributed by atoms with Gasteiger partial charge in [-0.15, -0.1) is 0 Å². The van der Waals surface area contributed by atoms with E-state index >= 15 is 0 Å². The molecule has 1 aromatic carbocycles. The molecule has 25 heavy (non-hydrogen) atoms.